The van der Waals surface area contributed by atoms with E-state index >= 15 is 0 Å². The van der Waals surface area contributed by atoms with Crippen LogP contribution in [-0.2, 0) is 24.7 Å². The van der Waals surface area contributed by atoms with Crippen LogP contribution in [0, 0.1) is 16.7 Å². The summed E-state index contributed by atoms with van der Waals surface area (Å²) in [6.07, 6.45) is 30.0. The van der Waals surface area contributed by atoms with Crippen LogP contribution in [0.1, 0.15) is 146 Å². The normalized spacial score (nSPS) is 21.3. The first-order valence-electron chi connectivity index (χ1n) is 28.1. The van der Waals surface area contributed by atoms with Gasteiger partial charge in [-0.15, -0.1) is 0 Å². The Kier molecular flexibility index (Phi) is 17.1. The number of nitrogens with one attached hydrogen (secondary N) is 2. The number of thioether (sulfide) groups is 1. The maximum absolute atomic E-state index is 13.8. The fourth-order valence-electron chi connectivity index (χ4n) is 12.8. The van der Waals surface area contributed by atoms with E-state index in [9.17, 15) is 19.2 Å². The standard InChI is InChI=1S/C64H78N4O8S/c1-9-35-67(45-28-31-48-53(40-45)64(76-61(48)72)51-32-29-46(73-43(2)69)41-56(51)75-57-42-47(74-44(3)70)30-33-52(57)64)36-17-11-19-38-77-39-34-65-60(71)27-12-10-18-37-68-55-24-16-14-22-50(55)63(6,7)59(68)26-20-25-58-62(4,5)49-21-13-15-23-54(49)66(58)8/h13,15,20,22-26,28-33,40-42,49,59H,9-12,14,16-19,21,27,34-39H2,1-8H3,(H,65,71)/p+1/b26-20+,58-25+. The van der Waals surface area contributed by atoms with Crippen molar-refractivity contribution in [3.63, 3.8) is 0 Å². The van der Waals surface area contributed by atoms with E-state index in [1.165, 1.54) is 36.5 Å². The number of nitrogens with zero attached hydrogens (tertiary/aromatic N) is 2. The highest BCUT2D eigenvalue weighted by Crippen LogP contribution is 2.58. The number of hydrogen-bond donors (Lipinski definition) is 2. The molecule has 3 aromatic carbocycles. The van der Waals surface area contributed by atoms with Gasteiger partial charge in [-0.2, -0.15) is 11.8 Å². The highest BCUT2D eigenvalue weighted by atomic mass is 32.2. The van der Waals surface area contributed by atoms with Gasteiger partial charge < -0.3 is 34.1 Å². The first-order valence-corrected chi connectivity index (χ1v) is 29.3. The molecule has 0 radical (unpaired) electrons. The lowest BCUT2D eigenvalue weighted by molar-refractivity contribution is -0.874. The largest absolute Gasteiger partial charge is 0.456 e. The maximum atomic E-state index is 13.8. The molecule has 3 aromatic rings. The number of amides is 1. The number of anilines is 1. The monoisotopic (exact) mass is 1060 g/mol. The highest BCUT2D eigenvalue weighted by Gasteiger charge is 2.55. The molecule has 77 heavy (non-hydrogen) atoms. The lowest BCUT2D eigenvalue weighted by Crippen LogP contribution is -3.12. The number of ether oxygens (including phenoxy) is 4. The molecule has 2 N–H and O–H groups in total. The van der Waals surface area contributed by atoms with Crippen molar-refractivity contribution in [2.45, 2.75) is 131 Å². The highest BCUT2D eigenvalue weighted by molar-refractivity contribution is 7.99. The zero-order valence-electron chi connectivity index (χ0n) is 46.6. The van der Waals surface area contributed by atoms with Crippen LogP contribution in [0.15, 0.2) is 126 Å². The molecule has 4 aliphatic heterocycles. The SMILES string of the molecule is CCCN(CCCCCSCCNC(=O)CCCCC[NH+]1C2=CCCC=C2C(C)(C)C1/C=C/C=C1/N(C)C2=CC=CCC2C1(C)C)c1ccc2c(c1)C1(OC2=O)c2ccc(OC(C)=O)cc2Oc2cc(OC(C)=O)ccc21. The minimum Gasteiger partial charge on any atom is -0.456 e. The number of esters is 3. The van der Waals surface area contributed by atoms with Gasteiger partial charge in [-0.1, -0.05) is 51.5 Å². The van der Waals surface area contributed by atoms with Gasteiger partial charge in [-0.25, -0.2) is 4.79 Å². The van der Waals surface area contributed by atoms with E-state index in [1.807, 2.05) is 23.9 Å². The van der Waals surface area contributed by atoms with Crippen LogP contribution in [0.2, 0.25) is 0 Å². The van der Waals surface area contributed by atoms with Gasteiger partial charge in [-0.05, 0) is 144 Å². The summed E-state index contributed by atoms with van der Waals surface area (Å²) in [7, 11) is 2.23. The molecule has 2 fully saturated rings. The molecule has 2 aliphatic carbocycles. The zero-order chi connectivity index (χ0) is 54.5. The predicted octanol–water partition coefficient (Wildman–Crippen LogP) is 11.7. The number of hydrogen-bond acceptors (Lipinski definition) is 11. The summed E-state index contributed by atoms with van der Waals surface area (Å²) in [5.41, 5.74) is 7.89. The maximum Gasteiger partial charge on any atom is 0.340 e. The van der Waals surface area contributed by atoms with Crippen LogP contribution in [0.25, 0.3) is 0 Å². The number of rotatable bonds is 22. The van der Waals surface area contributed by atoms with Gasteiger partial charge in [0.25, 0.3) is 0 Å². The molecule has 0 bridgehead atoms. The number of carbonyl (C=O) groups is 4. The quantitative estimate of drug-likeness (QED) is 0.0567. The third kappa shape index (κ3) is 11.5. The molecule has 0 saturated carbocycles. The number of allylic oxidation sites excluding steroid dienone is 10. The van der Waals surface area contributed by atoms with Gasteiger partial charge in [0, 0.05) is 116 Å². The molecule has 408 valence electrons. The third-order valence-corrected chi connectivity index (χ3v) is 17.6. The Bertz CT molecular complexity index is 2880. The summed E-state index contributed by atoms with van der Waals surface area (Å²) >= 11 is 1.89. The van der Waals surface area contributed by atoms with Crippen LogP contribution in [0.3, 0.4) is 0 Å². The molecule has 6 aliphatic rings. The molecule has 3 atom stereocenters. The second-order valence-electron chi connectivity index (χ2n) is 22.5. The summed E-state index contributed by atoms with van der Waals surface area (Å²) in [6.45, 7) is 17.9. The Morgan fingerprint density at radius 2 is 1.56 bits per heavy atom. The summed E-state index contributed by atoms with van der Waals surface area (Å²) in [6, 6.07) is 16.3. The van der Waals surface area contributed by atoms with Gasteiger partial charge in [0.2, 0.25) is 5.91 Å². The van der Waals surface area contributed by atoms with Crippen molar-refractivity contribution in [2.75, 3.05) is 49.6 Å². The summed E-state index contributed by atoms with van der Waals surface area (Å²) in [5.74, 6) is 2.44. The smallest absolute Gasteiger partial charge is 0.340 e. The van der Waals surface area contributed by atoms with E-state index in [1.54, 1.807) is 41.3 Å². The Morgan fingerprint density at radius 1 is 0.844 bits per heavy atom. The lowest BCUT2D eigenvalue weighted by Gasteiger charge is -2.37. The Hall–Kier alpha value is -6.31. The van der Waals surface area contributed by atoms with Gasteiger partial charge in [0.1, 0.15) is 34.7 Å². The summed E-state index contributed by atoms with van der Waals surface area (Å²) < 4.78 is 23.6. The second-order valence-corrected chi connectivity index (χ2v) is 23.8. The Labute approximate surface area is 460 Å². The average molecular weight is 1060 g/mol. The first-order chi connectivity index (χ1) is 37.0. The number of benzene rings is 3. The number of unbranched alkanes of at least 4 members (excludes halogenated alkanes) is 4. The first kappa shape index (κ1) is 55.4. The average Bonchev–Trinajstić information content (AvgIpc) is 3.92. The third-order valence-electron chi connectivity index (χ3n) is 16.6. The van der Waals surface area contributed by atoms with E-state index in [0.29, 0.717) is 58.7 Å². The van der Waals surface area contributed by atoms with Gasteiger partial charge >= 0.3 is 17.9 Å². The van der Waals surface area contributed by atoms with Crippen molar-refractivity contribution < 1.29 is 43.0 Å². The molecule has 0 aromatic heterocycles. The number of likely N-dealkylation sites (tertiary alicyclic amines) is 2. The molecule has 12 nitrogen and oxygen atoms in total. The van der Waals surface area contributed by atoms with E-state index in [4.69, 9.17) is 18.9 Å². The Morgan fingerprint density at radius 3 is 2.26 bits per heavy atom. The van der Waals surface area contributed by atoms with Crippen molar-refractivity contribution in [1.82, 2.24) is 10.2 Å². The lowest BCUT2D eigenvalue weighted by atomic mass is 9.75. The van der Waals surface area contributed by atoms with Gasteiger partial charge in [0.15, 0.2) is 5.60 Å². The van der Waals surface area contributed by atoms with Gasteiger partial charge in [0.05, 0.1) is 17.5 Å². The molecule has 1 amide bonds. The molecule has 4 heterocycles. The predicted molar refractivity (Wildman–Crippen MR) is 305 cm³/mol. The molecule has 2 saturated heterocycles. The molecule has 3 unspecified atom stereocenters. The molecular formula is C64H79N4O8S+. The van der Waals surface area contributed by atoms with E-state index in [0.717, 1.165) is 101 Å². The minimum absolute atomic E-state index is 0.0536. The second kappa shape index (κ2) is 23.7. The van der Waals surface area contributed by atoms with Crippen molar-refractivity contribution in [3.8, 4) is 23.0 Å². The van der Waals surface area contributed by atoms with Crippen molar-refractivity contribution >= 4 is 41.3 Å². The van der Waals surface area contributed by atoms with E-state index < -0.39 is 23.5 Å². The van der Waals surface area contributed by atoms with E-state index in [2.05, 4.69) is 111 Å². The van der Waals surface area contributed by atoms with Crippen LogP contribution in [0.4, 0.5) is 5.69 Å². The molecule has 1 spiro atoms. The summed E-state index contributed by atoms with van der Waals surface area (Å²) in [4.78, 5) is 56.8. The van der Waals surface area contributed by atoms with Crippen molar-refractivity contribution in [2.24, 2.45) is 16.7 Å². The topological polar surface area (TPSA) is 128 Å². The van der Waals surface area contributed by atoms with Crippen LogP contribution in [0.5, 0.6) is 23.0 Å². The summed E-state index contributed by atoms with van der Waals surface area (Å²) in [5, 5.41) is 3.18. The van der Waals surface area contributed by atoms with Crippen molar-refractivity contribution in [1.29, 1.82) is 0 Å². The van der Waals surface area contributed by atoms with Crippen LogP contribution < -0.4 is 29.3 Å². The molecular weight excluding hydrogens is 985 g/mol. The van der Waals surface area contributed by atoms with Crippen LogP contribution in [-0.4, -0.2) is 79.5 Å². The van der Waals surface area contributed by atoms with Crippen LogP contribution >= 0.6 is 11.8 Å². The zero-order valence-corrected chi connectivity index (χ0v) is 47.4. The fourth-order valence-corrected chi connectivity index (χ4v) is 13.7. The van der Waals surface area contributed by atoms with E-state index in [-0.39, 0.29) is 28.2 Å². The molecule has 13 heteroatoms. The number of quaternary nitrogens is 1. The minimum atomic E-state index is -1.37. The van der Waals surface area contributed by atoms with Crippen molar-refractivity contribution in [3.05, 3.63) is 148 Å². The number of carbonyl (C=O) groups excluding carboxylic acids is 4. The Balaban J connectivity index is 0.722. The fraction of sp³-hybridized carbons (Fsp3) is 0.469. The number of fused-ring (bicyclic) bond motifs is 8. The molecule has 9 rings (SSSR count). The van der Waals surface area contributed by atoms with Gasteiger partial charge in [-0.3, -0.25) is 19.3 Å².